The van der Waals surface area contributed by atoms with Crippen molar-refractivity contribution in [3.63, 3.8) is 0 Å². The molecule has 0 aromatic carbocycles. The van der Waals surface area contributed by atoms with Crippen LogP contribution in [-0.2, 0) is 4.79 Å². The molecule has 1 saturated heterocycles. The third kappa shape index (κ3) is 1.67. The fraction of sp³-hybridized carbons (Fsp3) is 0.667. The number of carbonyl (C=O) groups is 1. The van der Waals surface area contributed by atoms with E-state index in [1.165, 1.54) is 0 Å². The Morgan fingerprint density at radius 2 is 2.42 bits per heavy atom. The quantitative estimate of drug-likeness (QED) is 0.620. The highest BCUT2D eigenvalue weighted by atomic mass is 16.4. The van der Waals surface area contributed by atoms with Crippen molar-refractivity contribution >= 4 is 5.97 Å². The van der Waals surface area contributed by atoms with Crippen LogP contribution in [-0.4, -0.2) is 24.2 Å². The van der Waals surface area contributed by atoms with Gasteiger partial charge in [0.1, 0.15) is 0 Å². The Hall–Kier alpha value is -0.830. The maximum atomic E-state index is 10.6. The van der Waals surface area contributed by atoms with Crippen LogP contribution in [0.2, 0.25) is 0 Å². The second-order valence-electron chi connectivity index (χ2n) is 3.56. The van der Waals surface area contributed by atoms with Gasteiger partial charge in [-0.15, -0.1) is 0 Å². The van der Waals surface area contributed by atoms with E-state index in [0.717, 1.165) is 25.1 Å². The molecule has 3 heteroatoms. The van der Waals surface area contributed by atoms with Gasteiger partial charge in [-0.2, -0.15) is 0 Å². The van der Waals surface area contributed by atoms with Crippen molar-refractivity contribution in [3.05, 3.63) is 12.2 Å². The molecule has 0 radical (unpaired) electrons. The lowest BCUT2D eigenvalue weighted by Crippen LogP contribution is -2.28. The smallest absolute Gasteiger partial charge is 0.304 e. The van der Waals surface area contributed by atoms with Crippen LogP contribution in [0, 0.1) is 5.41 Å². The van der Waals surface area contributed by atoms with Gasteiger partial charge in [-0.25, -0.2) is 0 Å². The van der Waals surface area contributed by atoms with Gasteiger partial charge in [-0.05, 0) is 19.9 Å². The summed E-state index contributed by atoms with van der Waals surface area (Å²) in [6.45, 7) is 7.43. The standard InChI is InChI=1S/C9H15NO2/c1-7(2)9(5-8(11)12)3-4-10-6-9/h10H,1,3-6H2,2H3,(H,11,12). The zero-order valence-corrected chi connectivity index (χ0v) is 7.39. The summed E-state index contributed by atoms with van der Waals surface area (Å²) in [6, 6.07) is 0. The number of aliphatic carboxylic acids is 1. The summed E-state index contributed by atoms with van der Waals surface area (Å²) in [5.74, 6) is -0.735. The molecule has 1 aliphatic rings. The number of carboxylic acid groups (broad SMARTS) is 1. The molecule has 1 aliphatic heterocycles. The van der Waals surface area contributed by atoms with Crippen molar-refractivity contribution in [2.24, 2.45) is 5.41 Å². The van der Waals surface area contributed by atoms with Gasteiger partial charge in [0.05, 0.1) is 6.42 Å². The zero-order valence-electron chi connectivity index (χ0n) is 7.39. The molecule has 3 nitrogen and oxygen atoms in total. The molecular formula is C9H15NO2. The largest absolute Gasteiger partial charge is 0.481 e. The van der Waals surface area contributed by atoms with Crippen molar-refractivity contribution < 1.29 is 9.90 Å². The van der Waals surface area contributed by atoms with E-state index in [2.05, 4.69) is 11.9 Å². The molecule has 2 N–H and O–H groups in total. The topological polar surface area (TPSA) is 49.3 Å². The lowest BCUT2D eigenvalue weighted by Gasteiger charge is -2.26. The first kappa shape index (κ1) is 9.26. The fourth-order valence-electron chi connectivity index (χ4n) is 1.70. The molecular weight excluding hydrogens is 154 g/mol. The molecule has 0 spiro atoms. The molecule has 0 aliphatic carbocycles. The molecule has 1 unspecified atom stereocenters. The van der Waals surface area contributed by atoms with Gasteiger partial charge in [-0.1, -0.05) is 12.2 Å². The van der Waals surface area contributed by atoms with Crippen LogP contribution >= 0.6 is 0 Å². The Morgan fingerprint density at radius 1 is 1.75 bits per heavy atom. The third-order valence-corrected chi connectivity index (χ3v) is 2.64. The lowest BCUT2D eigenvalue weighted by molar-refractivity contribution is -0.139. The second kappa shape index (κ2) is 3.27. The number of hydrogen-bond acceptors (Lipinski definition) is 2. The molecule has 0 saturated carbocycles. The fourth-order valence-corrected chi connectivity index (χ4v) is 1.70. The summed E-state index contributed by atoms with van der Waals surface area (Å²) in [5, 5.41) is 11.9. The highest BCUT2D eigenvalue weighted by molar-refractivity contribution is 5.68. The van der Waals surface area contributed by atoms with Crippen LogP contribution in [0.4, 0.5) is 0 Å². The minimum atomic E-state index is -0.735. The Bertz CT molecular complexity index is 205. The lowest BCUT2D eigenvalue weighted by atomic mass is 9.78. The van der Waals surface area contributed by atoms with Crippen molar-refractivity contribution in [2.45, 2.75) is 19.8 Å². The summed E-state index contributed by atoms with van der Waals surface area (Å²) in [6.07, 6.45) is 1.10. The van der Waals surface area contributed by atoms with Crippen LogP contribution in [0.3, 0.4) is 0 Å². The van der Waals surface area contributed by atoms with E-state index in [1.807, 2.05) is 6.92 Å². The predicted molar refractivity (Wildman–Crippen MR) is 47.0 cm³/mol. The van der Waals surface area contributed by atoms with Gasteiger partial charge in [-0.3, -0.25) is 4.79 Å². The Morgan fingerprint density at radius 3 is 2.75 bits per heavy atom. The molecule has 0 bridgehead atoms. The number of rotatable bonds is 3. The van der Waals surface area contributed by atoms with Gasteiger partial charge in [0.15, 0.2) is 0 Å². The number of carboxylic acids is 1. The van der Waals surface area contributed by atoms with E-state index in [0.29, 0.717) is 0 Å². The summed E-state index contributed by atoms with van der Waals surface area (Å²) < 4.78 is 0. The highest BCUT2D eigenvalue weighted by Crippen LogP contribution is 2.36. The maximum Gasteiger partial charge on any atom is 0.304 e. The molecule has 0 aromatic heterocycles. The van der Waals surface area contributed by atoms with E-state index in [9.17, 15) is 4.79 Å². The first-order chi connectivity index (χ1) is 5.57. The Labute approximate surface area is 72.5 Å². The van der Waals surface area contributed by atoms with E-state index in [1.54, 1.807) is 0 Å². The van der Waals surface area contributed by atoms with Gasteiger partial charge in [0.2, 0.25) is 0 Å². The number of nitrogens with one attached hydrogen (secondary N) is 1. The van der Waals surface area contributed by atoms with Crippen LogP contribution in [0.25, 0.3) is 0 Å². The van der Waals surface area contributed by atoms with Crippen molar-refractivity contribution in [2.75, 3.05) is 13.1 Å². The zero-order chi connectivity index (χ0) is 9.19. The maximum absolute atomic E-state index is 10.6. The summed E-state index contributed by atoms with van der Waals surface area (Å²) in [7, 11) is 0. The second-order valence-corrected chi connectivity index (χ2v) is 3.56. The normalized spacial score (nSPS) is 28.8. The van der Waals surface area contributed by atoms with Crippen LogP contribution in [0.5, 0.6) is 0 Å². The highest BCUT2D eigenvalue weighted by Gasteiger charge is 2.36. The van der Waals surface area contributed by atoms with E-state index >= 15 is 0 Å². The average molecular weight is 169 g/mol. The van der Waals surface area contributed by atoms with Crippen molar-refractivity contribution in [1.29, 1.82) is 0 Å². The van der Waals surface area contributed by atoms with E-state index in [4.69, 9.17) is 5.11 Å². The van der Waals surface area contributed by atoms with Crippen LogP contribution in [0.15, 0.2) is 12.2 Å². The SMILES string of the molecule is C=C(C)C1(CC(=O)O)CCNC1. The van der Waals surface area contributed by atoms with Crippen molar-refractivity contribution in [1.82, 2.24) is 5.32 Å². The van der Waals surface area contributed by atoms with E-state index < -0.39 is 5.97 Å². The molecule has 12 heavy (non-hydrogen) atoms. The molecule has 1 atom stereocenters. The molecule has 68 valence electrons. The van der Waals surface area contributed by atoms with E-state index in [-0.39, 0.29) is 11.8 Å². The monoisotopic (exact) mass is 169 g/mol. The minimum Gasteiger partial charge on any atom is -0.481 e. The summed E-state index contributed by atoms with van der Waals surface area (Å²) in [5.41, 5.74) is 0.793. The average Bonchev–Trinajstić information content (AvgIpc) is 2.35. The summed E-state index contributed by atoms with van der Waals surface area (Å²) in [4.78, 5) is 10.6. The van der Waals surface area contributed by atoms with Gasteiger partial charge in [0.25, 0.3) is 0 Å². The van der Waals surface area contributed by atoms with Crippen LogP contribution in [0.1, 0.15) is 19.8 Å². The molecule has 0 amide bonds. The first-order valence-corrected chi connectivity index (χ1v) is 4.15. The van der Waals surface area contributed by atoms with Gasteiger partial charge < -0.3 is 10.4 Å². The third-order valence-electron chi connectivity index (χ3n) is 2.64. The summed E-state index contributed by atoms with van der Waals surface area (Å²) >= 11 is 0. The molecule has 1 rings (SSSR count). The van der Waals surface area contributed by atoms with Gasteiger partial charge >= 0.3 is 5.97 Å². The van der Waals surface area contributed by atoms with Gasteiger partial charge in [0, 0.05) is 12.0 Å². The Balaban J connectivity index is 2.72. The molecule has 0 aromatic rings. The minimum absolute atomic E-state index is 0.189. The molecule has 1 heterocycles. The molecule has 1 fully saturated rings. The predicted octanol–water partition coefficient (Wildman–Crippen LogP) is 1.02. The van der Waals surface area contributed by atoms with Crippen LogP contribution < -0.4 is 5.32 Å². The Kier molecular flexibility index (Phi) is 2.52. The first-order valence-electron chi connectivity index (χ1n) is 4.15. The number of hydrogen-bond donors (Lipinski definition) is 2. The van der Waals surface area contributed by atoms with Crippen molar-refractivity contribution in [3.8, 4) is 0 Å².